The van der Waals surface area contributed by atoms with Crippen LogP contribution in [0, 0.1) is 5.92 Å². The van der Waals surface area contributed by atoms with Crippen molar-refractivity contribution in [3.05, 3.63) is 24.0 Å². The molecule has 2 atom stereocenters. The zero-order valence-corrected chi connectivity index (χ0v) is 11.9. The lowest BCUT2D eigenvalue weighted by Crippen LogP contribution is -2.37. The first-order chi connectivity index (χ1) is 9.11. The van der Waals surface area contributed by atoms with Gasteiger partial charge in [-0.2, -0.15) is 0 Å². The average Bonchev–Trinajstić information content (AvgIpc) is 2.46. The van der Waals surface area contributed by atoms with E-state index in [1.165, 1.54) is 0 Å². The van der Waals surface area contributed by atoms with Crippen LogP contribution in [0.2, 0.25) is 0 Å². The molecule has 106 valence electrons. The fraction of sp³-hybridized carbons (Fsp3) is 0.667. The Balaban J connectivity index is 1.96. The summed E-state index contributed by atoms with van der Waals surface area (Å²) in [6.07, 6.45) is 4.74. The molecule has 0 aliphatic carbocycles. The van der Waals surface area contributed by atoms with Gasteiger partial charge in [0.15, 0.2) is 0 Å². The van der Waals surface area contributed by atoms with E-state index in [4.69, 9.17) is 5.73 Å². The molecule has 1 fully saturated rings. The third kappa shape index (κ3) is 3.45. The second-order valence-corrected chi connectivity index (χ2v) is 5.52. The summed E-state index contributed by atoms with van der Waals surface area (Å²) in [5, 5.41) is 9.61. The van der Waals surface area contributed by atoms with Crippen molar-refractivity contribution >= 4 is 5.69 Å². The van der Waals surface area contributed by atoms with Gasteiger partial charge in [-0.3, -0.25) is 4.98 Å². The van der Waals surface area contributed by atoms with Gasteiger partial charge in [-0.1, -0.05) is 6.92 Å². The predicted molar refractivity (Wildman–Crippen MR) is 78.1 cm³/mol. The van der Waals surface area contributed by atoms with Crippen LogP contribution in [-0.4, -0.2) is 29.3 Å². The molecule has 1 aliphatic heterocycles. The number of piperidine rings is 1. The molecular formula is C15H25N3O. The molecule has 2 rings (SSSR count). The van der Waals surface area contributed by atoms with Crippen LogP contribution < -0.4 is 10.6 Å². The zero-order chi connectivity index (χ0) is 13.8. The maximum atomic E-state index is 9.61. The molecule has 2 unspecified atom stereocenters. The quantitative estimate of drug-likeness (QED) is 0.873. The van der Waals surface area contributed by atoms with Crippen molar-refractivity contribution in [2.45, 2.75) is 45.3 Å². The minimum Gasteiger partial charge on any atom is -0.393 e. The Hall–Kier alpha value is -1.13. The SMILES string of the molecule is CCC(N)c1ccc(N2CCC(C(C)O)CC2)cn1. The second-order valence-electron chi connectivity index (χ2n) is 5.52. The topological polar surface area (TPSA) is 62.4 Å². The van der Waals surface area contributed by atoms with Crippen molar-refractivity contribution in [2.75, 3.05) is 18.0 Å². The van der Waals surface area contributed by atoms with E-state index in [9.17, 15) is 5.11 Å². The number of aromatic nitrogens is 1. The van der Waals surface area contributed by atoms with E-state index in [1.54, 1.807) is 0 Å². The van der Waals surface area contributed by atoms with E-state index in [0.29, 0.717) is 5.92 Å². The summed E-state index contributed by atoms with van der Waals surface area (Å²) in [7, 11) is 0. The van der Waals surface area contributed by atoms with Crippen molar-refractivity contribution in [2.24, 2.45) is 11.7 Å². The number of nitrogens with two attached hydrogens (primary N) is 1. The fourth-order valence-electron chi connectivity index (χ4n) is 2.65. The molecule has 0 bridgehead atoms. The van der Waals surface area contributed by atoms with Gasteiger partial charge in [0.05, 0.1) is 23.7 Å². The van der Waals surface area contributed by atoms with Crippen molar-refractivity contribution in [1.82, 2.24) is 4.98 Å². The monoisotopic (exact) mass is 263 g/mol. The number of anilines is 1. The fourth-order valence-corrected chi connectivity index (χ4v) is 2.65. The molecule has 19 heavy (non-hydrogen) atoms. The van der Waals surface area contributed by atoms with Crippen molar-refractivity contribution in [1.29, 1.82) is 0 Å². The van der Waals surface area contributed by atoms with Crippen LogP contribution in [-0.2, 0) is 0 Å². The molecule has 0 spiro atoms. The molecule has 0 amide bonds. The van der Waals surface area contributed by atoms with Crippen LogP contribution in [0.15, 0.2) is 18.3 Å². The first-order valence-electron chi connectivity index (χ1n) is 7.26. The number of rotatable bonds is 4. The maximum absolute atomic E-state index is 9.61. The number of hydrogen-bond donors (Lipinski definition) is 2. The summed E-state index contributed by atoms with van der Waals surface area (Å²) < 4.78 is 0. The standard InChI is InChI=1S/C15H25N3O/c1-3-14(16)15-5-4-13(10-17-15)18-8-6-12(7-9-18)11(2)19/h4-5,10-12,14,19H,3,6-9,16H2,1-2H3. The summed E-state index contributed by atoms with van der Waals surface area (Å²) >= 11 is 0. The van der Waals surface area contributed by atoms with Crippen molar-refractivity contribution < 1.29 is 5.11 Å². The van der Waals surface area contributed by atoms with E-state index >= 15 is 0 Å². The highest BCUT2D eigenvalue weighted by Crippen LogP contribution is 2.25. The predicted octanol–water partition coefficient (Wildman–Crippen LogP) is 2.09. The molecule has 4 nitrogen and oxygen atoms in total. The van der Waals surface area contributed by atoms with E-state index in [1.807, 2.05) is 19.2 Å². The molecular weight excluding hydrogens is 238 g/mol. The minimum atomic E-state index is -0.190. The third-order valence-electron chi connectivity index (χ3n) is 4.18. The van der Waals surface area contributed by atoms with Gasteiger partial charge in [0.25, 0.3) is 0 Å². The molecule has 2 heterocycles. The highest BCUT2D eigenvalue weighted by Gasteiger charge is 2.22. The van der Waals surface area contributed by atoms with E-state index in [2.05, 4.69) is 22.9 Å². The molecule has 3 N–H and O–H groups in total. The normalized spacial score (nSPS) is 20.3. The molecule has 0 aromatic carbocycles. The van der Waals surface area contributed by atoms with Gasteiger partial charge in [-0.25, -0.2) is 0 Å². The second kappa shape index (κ2) is 6.35. The maximum Gasteiger partial charge on any atom is 0.0572 e. The summed E-state index contributed by atoms with van der Waals surface area (Å²) in [4.78, 5) is 6.80. The van der Waals surface area contributed by atoms with E-state index in [-0.39, 0.29) is 12.1 Å². The lowest BCUT2D eigenvalue weighted by Gasteiger charge is -2.34. The van der Waals surface area contributed by atoms with Crippen LogP contribution in [0.25, 0.3) is 0 Å². The van der Waals surface area contributed by atoms with Crippen molar-refractivity contribution in [3.8, 4) is 0 Å². The number of aliphatic hydroxyl groups excluding tert-OH is 1. The summed E-state index contributed by atoms with van der Waals surface area (Å²) in [6.45, 7) is 5.96. The van der Waals surface area contributed by atoms with Crippen LogP contribution in [0.4, 0.5) is 5.69 Å². The van der Waals surface area contributed by atoms with E-state index < -0.39 is 0 Å². The lowest BCUT2D eigenvalue weighted by molar-refractivity contribution is 0.110. The Morgan fingerprint density at radius 2 is 2.11 bits per heavy atom. The van der Waals surface area contributed by atoms with Crippen LogP contribution >= 0.6 is 0 Å². The van der Waals surface area contributed by atoms with Crippen LogP contribution in [0.3, 0.4) is 0 Å². The number of aliphatic hydroxyl groups is 1. The first-order valence-corrected chi connectivity index (χ1v) is 7.26. The summed E-state index contributed by atoms with van der Waals surface area (Å²) in [5.41, 5.74) is 8.10. The first kappa shape index (κ1) is 14.3. The Morgan fingerprint density at radius 3 is 2.58 bits per heavy atom. The Bertz CT molecular complexity index is 383. The molecule has 0 radical (unpaired) electrons. The zero-order valence-electron chi connectivity index (χ0n) is 11.9. The van der Waals surface area contributed by atoms with Gasteiger partial charge in [-0.15, -0.1) is 0 Å². The van der Waals surface area contributed by atoms with Gasteiger partial charge in [0, 0.05) is 19.1 Å². The summed E-state index contributed by atoms with van der Waals surface area (Å²) in [5.74, 6) is 0.442. The van der Waals surface area contributed by atoms with Crippen molar-refractivity contribution in [3.63, 3.8) is 0 Å². The molecule has 4 heteroatoms. The number of pyridine rings is 1. The van der Waals surface area contributed by atoms with Crippen LogP contribution in [0.1, 0.15) is 44.8 Å². The number of nitrogens with zero attached hydrogens (tertiary/aromatic N) is 2. The molecule has 1 aliphatic rings. The highest BCUT2D eigenvalue weighted by atomic mass is 16.3. The molecule has 1 aromatic heterocycles. The number of hydrogen-bond acceptors (Lipinski definition) is 4. The summed E-state index contributed by atoms with van der Waals surface area (Å²) in [6, 6.07) is 4.18. The van der Waals surface area contributed by atoms with Gasteiger partial charge >= 0.3 is 0 Å². The largest absolute Gasteiger partial charge is 0.393 e. The van der Waals surface area contributed by atoms with E-state index in [0.717, 1.165) is 43.7 Å². The minimum absolute atomic E-state index is 0.0371. The highest BCUT2D eigenvalue weighted by molar-refractivity contribution is 5.45. The molecule has 0 saturated carbocycles. The Morgan fingerprint density at radius 1 is 1.42 bits per heavy atom. The lowest BCUT2D eigenvalue weighted by atomic mass is 9.92. The van der Waals surface area contributed by atoms with Crippen LogP contribution in [0.5, 0.6) is 0 Å². The molecule has 1 saturated heterocycles. The third-order valence-corrected chi connectivity index (χ3v) is 4.18. The van der Waals surface area contributed by atoms with Gasteiger partial charge in [0.2, 0.25) is 0 Å². The average molecular weight is 263 g/mol. The smallest absolute Gasteiger partial charge is 0.0572 e. The molecule has 1 aromatic rings. The Kier molecular flexibility index (Phi) is 4.77. The van der Waals surface area contributed by atoms with Gasteiger partial charge < -0.3 is 15.7 Å². The van der Waals surface area contributed by atoms with Gasteiger partial charge in [0.1, 0.15) is 0 Å². The Labute approximate surface area is 115 Å². The van der Waals surface area contributed by atoms with Gasteiger partial charge in [-0.05, 0) is 44.2 Å².